The normalized spacial score (nSPS) is 10.3. The van der Waals surface area contributed by atoms with Gasteiger partial charge in [-0.3, -0.25) is 10.1 Å². The second-order valence-electron chi connectivity index (χ2n) is 3.35. The van der Waals surface area contributed by atoms with Gasteiger partial charge in [-0.15, -0.1) is 0 Å². The number of hydrogen-bond acceptors (Lipinski definition) is 5. The molecule has 2 rings (SSSR count). The lowest BCUT2D eigenvalue weighted by molar-refractivity contribution is -0.384. The van der Waals surface area contributed by atoms with Crippen LogP contribution < -0.4 is 5.32 Å². The van der Waals surface area contributed by atoms with E-state index < -0.39 is 16.4 Å². The second-order valence-corrected chi connectivity index (χ2v) is 4.10. The molecule has 1 aromatic heterocycles. The summed E-state index contributed by atoms with van der Waals surface area (Å²) in [5, 5.41) is 13.1. The van der Waals surface area contributed by atoms with Crippen LogP contribution in [-0.4, -0.2) is 14.9 Å². The molecule has 1 aromatic carbocycles. The third-order valence-electron chi connectivity index (χ3n) is 2.14. The van der Waals surface area contributed by atoms with Crippen molar-refractivity contribution in [2.45, 2.75) is 0 Å². The molecule has 0 aliphatic rings. The van der Waals surface area contributed by atoms with Gasteiger partial charge in [0.25, 0.3) is 0 Å². The van der Waals surface area contributed by atoms with Crippen LogP contribution in [0, 0.1) is 15.9 Å². The van der Waals surface area contributed by atoms with Gasteiger partial charge in [0.05, 0.1) is 15.6 Å². The number of benzene rings is 1. The molecule has 0 radical (unpaired) electrons. The zero-order chi connectivity index (χ0) is 14.0. The maximum atomic E-state index is 13.6. The summed E-state index contributed by atoms with van der Waals surface area (Å²) in [5.74, 6) is -0.909. The van der Waals surface area contributed by atoms with Crippen LogP contribution in [0.3, 0.4) is 0 Å². The van der Waals surface area contributed by atoms with E-state index >= 15 is 0 Å². The van der Waals surface area contributed by atoms with Crippen molar-refractivity contribution in [1.29, 1.82) is 0 Å². The fourth-order valence-corrected chi connectivity index (χ4v) is 1.66. The summed E-state index contributed by atoms with van der Waals surface area (Å²) in [6.07, 6.45) is 0.923. The van der Waals surface area contributed by atoms with E-state index in [0.717, 1.165) is 12.3 Å². The molecule has 0 saturated heterocycles. The molecule has 9 heteroatoms. The Kier molecular flexibility index (Phi) is 3.77. The van der Waals surface area contributed by atoms with Crippen molar-refractivity contribution in [2.24, 2.45) is 0 Å². The van der Waals surface area contributed by atoms with Gasteiger partial charge in [-0.2, -0.15) is 4.98 Å². The highest BCUT2D eigenvalue weighted by atomic mass is 35.5. The minimum absolute atomic E-state index is 0.0593. The molecule has 0 amide bonds. The minimum atomic E-state index is -0.715. The Morgan fingerprint density at radius 3 is 2.74 bits per heavy atom. The molecule has 0 aliphatic heterocycles. The van der Waals surface area contributed by atoms with Crippen molar-refractivity contribution in [3.63, 3.8) is 0 Å². The van der Waals surface area contributed by atoms with Gasteiger partial charge >= 0.3 is 5.69 Å². The lowest BCUT2D eigenvalue weighted by Gasteiger charge is -2.08. The number of nitrogens with one attached hydrogen (secondary N) is 1. The molecule has 0 atom stereocenters. The number of hydrogen-bond donors (Lipinski definition) is 1. The van der Waals surface area contributed by atoms with Gasteiger partial charge in [0.1, 0.15) is 12.0 Å². The van der Waals surface area contributed by atoms with Crippen molar-refractivity contribution in [3.8, 4) is 0 Å². The standard InChI is InChI=1S/C10H5Cl2FN4O2/c11-5-2-1-3-6(13)8(5)15-9-7(17(18)19)4-14-10(12)16-9/h1-4H,(H,14,15,16). The summed E-state index contributed by atoms with van der Waals surface area (Å²) in [5.41, 5.74) is -0.564. The van der Waals surface area contributed by atoms with Gasteiger partial charge in [0.15, 0.2) is 0 Å². The summed E-state index contributed by atoms with van der Waals surface area (Å²) >= 11 is 11.4. The minimum Gasteiger partial charge on any atom is -0.331 e. The number of halogens is 3. The predicted octanol–water partition coefficient (Wildman–Crippen LogP) is 3.57. The summed E-state index contributed by atoms with van der Waals surface area (Å²) in [6, 6.07) is 3.99. The van der Waals surface area contributed by atoms with Crippen LogP contribution in [0.4, 0.5) is 21.6 Å². The van der Waals surface area contributed by atoms with Crippen molar-refractivity contribution < 1.29 is 9.31 Å². The van der Waals surface area contributed by atoms with Gasteiger partial charge in [0, 0.05) is 0 Å². The Morgan fingerprint density at radius 2 is 2.11 bits per heavy atom. The highest BCUT2D eigenvalue weighted by Gasteiger charge is 2.19. The molecule has 0 aliphatic carbocycles. The third kappa shape index (κ3) is 2.88. The van der Waals surface area contributed by atoms with Crippen LogP contribution in [0.1, 0.15) is 0 Å². The molecule has 0 unspecified atom stereocenters. The number of para-hydroxylation sites is 1. The predicted molar refractivity (Wildman–Crippen MR) is 68.4 cm³/mol. The molecule has 0 fully saturated rings. The SMILES string of the molecule is O=[N+]([O-])c1cnc(Cl)nc1Nc1c(F)cccc1Cl. The third-order valence-corrected chi connectivity index (χ3v) is 2.64. The smallest absolute Gasteiger partial charge is 0.329 e. The largest absolute Gasteiger partial charge is 0.331 e. The average molecular weight is 303 g/mol. The van der Waals surface area contributed by atoms with E-state index in [2.05, 4.69) is 15.3 Å². The van der Waals surface area contributed by atoms with Crippen molar-refractivity contribution in [3.05, 3.63) is 50.6 Å². The van der Waals surface area contributed by atoms with E-state index in [-0.39, 0.29) is 21.8 Å². The Bertz CT molecular complexity index is 633. The molecule has 19 heavy (non-hydrogen) atoms. The zero-order valence-corrected chi connectivity index (χ0v) is 10.6. The summed E-state index contributed by atoms with van der Waals surface area (Å²) in [4.78, 5) is 17.2. The lowest BCUT2D eigenvalue weighted by atomic mass is 10.3. The molecular weight excluding hydrogens is 298 g/mol. The van der Waals surface area contributed by atoms with E-state index in [1.54, 1.807) is 0 Å². The highest BCUT2D eigenvalue weighted by molar-refractivity contribution is 6.33. The Balaban J connectivity index is 2.49. The highest BCUT2D eigenvalue weighted by Crippen LogP contribution is 2.31. The first-order chi connectivity index (χ1) is 8.99. The molecule has 0 bridgehead atoms. The quantitative estimate of drug-likeness (QED) is 0.532. The van der Waals surface area contributed by atoms with Crippen LogP contribution in [0.15, 0.2) is 24.4 Å². The van der Waals surface area contributed by atoms with Crippen LogP contribution in [0.25, 0.3) is 0 Å². The molecular formula is C10H5Cl2FN4O2. The van der Waals surface area contributed by atoms with E-state index in [0.29, 0.717) is 0 Å². The Morgan fingerprint density at radius 1 is 1.37 bits per heavy atom. The topological polar surface area (TPSA) is 81.0 Å². The maximum Gasteiger partial charge on any atom is 0.329 e. The zero-order valence-electron chi connectivity index (χ0n) is 9.10. The molecule has 2 aromatic rings. The van der Waals surface area contributed by atoms with Gasteiger partial charge in [-0.05, 0) is 23.7 Å². The monoisotopic (exact) mass is 302 g/mol. The van der Waals surface area contributed by atoms with E-state index in [4.69, 9.17) is 23.2 Å². The number of nitrogens with zero attached hydrogens (tertiary/aromatic N) is 3. The van der Waals surface area contributed by atoms with Crippen molar-refractivity contribution in [1.82, 2.24) is 9.97 Å². The fourth-order valence-electron chi connectivity index (χ4n) is 1.32. The number of anilines is 2. The molecule has 1 N–H and O–H groups in total. The van der Waals surface area contributed by atoms with Gasteiger partial charge in [-0.1, -0.05) is 17.7 Å². The van der Waals surface area contributed by atoms with Crippen LogP contribution in [0.2, 0.25) is 10.3 Å². The molecule has 6 nitrogen and oxygen atoms in total. The molecule has 1 heterocycles. The first-order valence-electron chi connectivity index (χ1n) is 4.87. The summed E-state index contributed by atoms with van der Waals surface area (Å²) < 4.78 is 13.6. The number of nitro groups is 1. The lowest BCUT2D eigenvalue weighted by Crippen LogP contribution is -2.03. The van der Waals surface area contributed by atoms with E-state index in [1.165, 1.54) is 12.1 Å². The Labute approximate surface area is 116 Å². The molecule has 0 spiro atoms. The molecule has 98 valence electrons. The van der Waals surface area contributed by atoms with Gasteiger partial charge in [0.2, 0.25) is 11.1 Å². The maximum absolute atomic E-state index is 13.6. The van der Waals surface area contributed by atoms with Gasteiger partial charge < -0.3 is 5.32 Å². The van der Waals surface area contributed by atoms with Crippen LogP contribution in [0.5, 0.6) is 0 Å². The van der Waals surface area contributed by atoms with Crippen molar-refractivity contribution >= 4 is 40.4 Å². The number of aromatic nitrogens is 2. The van der Waals surface area contributed by atoms with Crippen LogP contribution >= 0.6 is 23.2 Å². The first kappa shape index (κ1) is 13.4. The van der Waals surface area contributed by atoms with Crippen LogP contribution in [-0.2, 0) is 0 Å². The Hall–Kier alpha value is -1.99. The van der Waals surface area contributed by atoms with E-state index in [9.17, 15) is 14.5 Å². The summed E-state index contributed by atoms with van der Waals surface area (Å²) in [6.45, 7) is 0. The van der Waals surface area contributed by atoms with Crippen molar-refractivity contribution in [2.75, 3.05) is 5.32 Å². The first-order valence-corrected chi connectivity index (χ1v) is 5.62. The second kappa shape index (κ2) is 5.33. The van der Waals surface area contributed by atoms with E-state index in [1.807, 2.05) is 0 Å². The number of rotatable bonds is 3. The summed E-state index contributed by atoms with van der Waals surface area (Å²) in [7, 11) is 0. The molecule has 0 saturated carbocycles. The fraction of sp³-hybridized carbons (Fsp3) is 0. The average Bonchev–Trinajstić information content (AvgIpc) is 2.33. The van der Waals surface area contributed by atoms with Gasteiger partial charge in [-0.25, -0.2) is 9.37 Å².